The first-order valence-electron chi connectivity index (χ1n) is 8.70. The Morgan fingerprint density at radius 3 is 2.69 bits per heavy atom. The van der Waals surface area contributed by atoms with Crippen LogP contribution in [0.3, 0.4) is 0 Å². The second-order valence-electron chi connectivity index (χ2n) is 6.59. The van der Waals surface area contributed by atoms with E-state index < -0.39 is 10.8 Å². The van der Waals surface area contributed by atoms with Crippen molar-refractivity contribution < 1.29 is 13.4 Å². The first-order valence-corrected chi connectivity index (χ1v) is 10.3. The maximum atomic E-state index is 12.8. The Kier molecular flexibility index (Phi) is 4.59. The standard InChI is InChI=1S/C20H20N2O3S/c1-26(24)16-10-8-14(9-11-16)20(23)22-12-4-5-15(13-22)19-21-17-6-2-3-7-18(17)25-19/h2-3,6-11,15H,4-5,12-13H2,1H3/t15-,26+/m0/s1. The van der Waals surface area contributed by atoms with Gasteiger partial charge >= 0.3 is 0 Å². The fourth-order valence-electron chi connectivity index (χ4n) is 3.40. The molecule has 2 atom stereocenters. The largest absolute Gasteiger partial charge is 0.440 e. The van der Waals surface area contributed by atoms with Crippen molar-refractivity contribution in [1.82, 2.24) is 9.88 Å². The number of rotatable bonds is 3. The molecule has 0 spiro atoms. The molecule has 1 saturated heterocycles. The Bertz CT molecular complexity index is 932. The minimum Gasteiger partial charge on any atom is -0.440 e. The van der Waals surface area contributed by atoms with Gasteiger partial charge in [0.2, 0.25) is 0 Å². The Hall–Kier alpha value is -2.47. The van der Waals surface area contributed by atoms with E-state index in [2.05, 4.69) is 4.98 Å². The molecule has 26 heavy (non-hydrogen) atoms. The van der Waals surface area contributed by atoms with Gasteiger partial charge in [0.1, 0.15) is 5.52 Å². The van der Waals surface area contributed by atoms with E-state index >= 15 is 0 Å². The smallest absolute Gasteiger partial charge is 0.253 e. The number of oxazole rings is 1. The predicted octanol–water partition coefficient (Wildman–Crippen LogP) is 3.59. The van der Waals surface area contributed by atoms with Crippen molar-refractivity contribution in [2.75, 3.05) is 19.3 Å². The molecule has 0 N–H and O–H groups in total. The third-order valence-corrected chi connectivity index (χ3v) is 5.74. The number of fused-ring (bicyclic) bond motifs is 1. The van der Waals surface area contributed by atoms with Gasteiger partial charge in [0.05, 0.1) is 5.92 Å². The molecular weight excluding hydrogens is 348 g/mol. The molecule has 0 unspecified atom stereocenters. The number of para-hydroxylation sites is 2. The summed E-state index contributed by atoms with van der Waals surface area (Å²) in [6.45, 7) is 1.34. The van der Waals surface area contributed by atoms with E-state index in [1.54, 1.807) is 30.5 Å². The molecular formula is C20H20N2O3S. The summed E-state index contributed by atoms with van der Waals surface area (Å²) >= 11 is 0. The van der Waals surface area contributed by atoms with Crippen molar-refractivity contribution in [2.24, 2.45) is 0 Å². The van der Waals surface area contributed by atoms with E-state index in [1.807, 2.05) is 29.2 Å². The molecule has 0 saturated carbocycles. The van der Waals surface area contributed by atoms with Crippen LogP contribution in [0, 0.1) is 0 Å². The SMILES string of the molecule is C[S@@](=O)c1ccc(C(=O)N2CCC[C@H](c3nc4ccccc4o3)C2)cc1. The lowest BCUT2D eigenvalue weighted by molar-refractivity contribution is 0.0699. The molecule has 4 rings (SSSR count). The molecule has 5 nitrogen and oxygen atoms in total. The van der Waals surface area contributed by atoms with Crippen molar-refractivity contribution in [2.45, 2.75) is 23.7 Å². The van der Waals surface area contributed by atoms with Crippen LogP contribution in [-0.2, 0) is 10.8 Å². The summed E-state index contributed by atoms with van der Waals surface area (Å²) < 4.78 is 17.4. The number of piperidine rings is 1. The molecule has 0 aliphatic carbocycles. The van der Waals surface area contributed by atoms with Gasteiger partial charge < -0.3 is 9.32 Å². The first kappa shape index (κ1) is 17.0. The van der Waals surface area contributed by atoms with E-state index in [4.69, 9.17) is 4.42 Å². The van der Waals surface area contributed by atoms with E-state index in [1.165, 1.54) is 0 Å². The lowest BCUT2D eigenvalue weighted by Crippen LogP contribution is -2.39. The van der Waals surface area contributed by atoms with Crippen molar-refractivity contribution in [3.05, 3.63) is 60.0 Å². The predicted molar refractivity (Wildman–Crippen MR) is 101 cm³/mol. The molecule has 1 aromatic heterocycles. The van der Waals surface area contributed by atoms with E-state index in [-0.39, 0.29) is 11.8 Å². The van der Waals surface area contributed by atoms with E-state index in [0.29, 0.717) is 18.0 Å². The van der Waals surface area contributed by atoms with E-state index in [0.717, 1.165) is 35.4 Å². The van der Waals surface area contributed by atoms with Gasteiger partial charge in [0.15, 0.2) is 11.5 Å². The van der Waals surface area contributed by atoms with Gasteiger partial charge in [0, 0.05) is 40.6 Å². The topological polar surface area (TPSA) is 63.4 Å². The van der Waals surface area contributed by atoms with Crippen molar-refractivity contribution >= 4 is 27.8 Å². The molecule has 1 aliphatic heterocycles. The van der Waals surface area contributed by atoms with E-state index in [9.17, 15) is 9.00 Å². The average Bonchev–Trinajstić information content (AvgIpc) is 3.12. The lowest BCUT2D eigenvalue weighted by atomic mass is 9.97. The summed E-state index contributed by atoms with van der Waals surface area (Å²) in [6, 6.07) is 14.7. The van der Waals surface area contributed by atoms with Crippen LogP contribution in [0.25, 0.3) is 11.1 Å². The Morgan fingerprint density at radius 1 is 1.19 bits per heavy atom. The Labute approximate surface area is 154 Å². The minimum atomic E-state index is -1.04. The average molecular weight is 368 g/mol. The van der Waals surface area contributed by atoms with Crippen LogP contribution in [0.2, 0.25) is 0 Å². The summed E-state index contributed by atoms with van der Waals surface area (Å²) in [7, 11) is -1.04. The molecule has 1 fully saturated rings. The highest BCUT2D eigenvalue weighted by Crippen LogP contribution is 2.29. The van der Waals surface area contributed by atoms with Crippen molar-refractivity contribution in [3.63, 3.8) is 0 Å². The summed E-state index contributed by atoms with van der Waals surface area (Å²) in [5, 5.41) is 0. The summed E-state index contributed by atoms with van der Waals surface area (Å²) in [5.74, 6) is 0.821. The number of carbonyl (C=O) groups is 1. The Morgan fingerprint density at radius 2 is 1.96 bits per heavy atom. The zero-order valence-electron chi connectivity index (χ0n) is 14.6. The van der Waals surface area contributed by atoms with Crippen LogP contribution in [-0.4, -0.2) is 39.3 Å². The zero-order valence-corrected chi connectivity index (χ0v) is 15.4. The first-order chi connectivity index (χ1) is 12.6. The number of likely N-dealkylation sites (tertiary alicyclic amines) is 1. The normalized spacial score (nSPS) is 18.8. The fourth-order valence-corrected chi connectivity index (χ4v) is 3.92. The van der Waals surface area contributed by atoms with Gasteiger partial charge in [-0.1, -0.05) is 12.1 Å². The Balaban J connectivity index is 1.52. The highest BCUT2D eigenvalue weighted by Gasteiger charge is 2.28. The maximum absolute atomic E-state index is 12.8. The van der Waals surface area contributed by atoms with Gasteiger partial charge in [-0.25, -0.2) is 4.98 Å². The highest BCUT2D eigenvalue weighted by atomic mass is 32.2. The number of hydrogen-bond acceptors (Lipinski definition) is 4. The minimum absolute atomic E-state index is 0.000698. The van der Waals surface area contributed by atoms with Gasteiger partial charge in [0.25, 0.3) is 5.91 Å². The molecule has 134 valence electrons. The molecule has 0 radical (unpaired) electrons. The lowest BCUT2D eigenvalue weighted by Gasteiger charge is -2.31. The number of aromatic nitrogens is 1. The summed E-state index contributed by atoms with van der Waals surface area (Å²) in [5.41, 5.74) is 2.26. The monoisotopic (exact) mass is 368 g/mol. The second kappa shape index (κ2) is 7.03. The quantitative estimate of drug-likeness (QED) is 0.709. The van der Waals surface area contributed by atoms with Crippen LogP contribution >= 0.6 is 0 Å². The van der Waals surface area contributed by atoms with Crippen LogP contribution in [0.1, 0.15) is 35.0 Å². The van der Waals surface area contributed by atoms with Crippen LogP contribution < -0.4 is 0 Å². The summed E-state index contributed by atoms with van der Waals surface area (Å²) in [6.07, 6.45) is 3.52. The second-order valence-corrected chi connectivity index (χ2v) is 7.97. The third kappa shape index (κ3) is 3.29. The molecule has 0 bridgehead atoms. The summed E-state index contributed by atoms with van der Waals surface area (Å²) in [4.78, 5) is 20.0. The molecule has 2 aromatic carbocycles. The number of amides is 1. The number of hydrogen-bond donors (Lipinski definition) is 0. The van der Waals surface area contributed by atoms with Crippen molar-refractivity contribution in [3.8, 4) is 0 Å². The molecule has 3 aromatic rings. The molecule has 1 aliphatic rings. The molecule has 6 heteroatoms. The van der Waals surface area contributed by atoms with Crippen molar-refractivity contribution in [1.29, 1.82) is 0 Å². The maximum Gasteiger partial charge on any atom is 0.253 e. The fraction of sp³-hybridized carbons (Fsp3) is 0.300. The van der Waals surface area contributed by atoms with Gasteiger partial charge in [-0.2, -0.15) is 0 Å². The number of nitrogens with zero attached hydrogens (tertiary/aromatic N) is 2. The number of benzene rings is 2. The van der Waals surface area contributed by atoms with Crippen LogP contribution in [0.5, 0.6) is 0 Å². The zero-order chi connectivity index (χ0) is 18.1. The van der Waals surface area contributed by atoms with Crippen LogP contribution in [0.15, 0.2) is 57.8 Å². The van der Waals surface area contributed by atoms with Gasteiger partial charge in [-0.05, 0) is 49.2 Å². The van der Waals surface area contributed by atoms with Gasteiger partial charge in [-0.15, -0.1) is 0 Å². The highest BCUT2D eigenvalue weighted by molar-refractivity contribution is 7.84. The molecule has 1 amide bonds. The number of carbonyl (C=O) groups excluding carboxylic acids is 1. The third-order valence-electron chi connectivity index (χ3n) is 4.80. The molecule has 2 heterocycles. The van der Waals surface area contributed by atoms with Gasteiger partial charge in [-0.3, -0.25) is 9.00 Å². The van der Waals surface area contributed by atoms with Crippen LogP contribution in [0.4, 0.5) is 0 Å².